The van der Waals surface area contributed by atoms with Crippen molar-refractivity contribution < 1.29 is 14.6 Å². The highest BCUT2D eigenvalue weighted by Crippen LogP contribution is 2.16. The summed E-state index contributed by atoms with van der Waals surface area (Å²) in [5.41, 5.74) is 0. The quantitative estimate of drug-likeness (QED) is 0.665. The van der Waals surface area contributed by atoms with Gasteiger partial charge in [-0.25, -0.2) is 0 Å². The van der Waals surface area contributed by atoms with Gasteiger partial charge in [0.15, 0.2) is 0 Å². The summed E-state index contributed by atoms with van der Waals surface area (Å²) in [4.78, 5) is 0. The van der Waals surface area contributed by atoms with Crippen molar-refractivity contribution in [1.82, 2.24) is 10.2 Å². The first kappa shape index (κ1) is 9.37. The van der Waals surface area contributed by atoms with E-state index in [1.807, 2.05) is 0 Å². The Labute approximate surface area is 74.0 Å². The highest BCUT2D eigenvalue weighted by Gasteiger charge is 2.02. The molecule has 0 aliphatic rings. The number of methoxy groups -OCH3 is 1. The Hall–Kier alpha value is -0.720. The number of nitrogens with zero attached hydrogens (tertiary/aromatic N) is 2. The van der Waals surface area contributed by atoms with Gasteiger partial charge in [-0.1, -0.05) is 16.4 Å². The summed E-state index contributed by atoms with van der Waals surface area (Å²) in [7, 11) is 1.60. The van der Waals surface area contributed by atoms with Crippen LogP contribution in [0.5, 0.6) is 5.19 Å². The summed E-state index contributed by atoms with van der Waals surface area (Å²) in [5.74, 6) is 0. The summed E-state index contributed by atoms with van der Waals surface area (Å²) < 4.78 is 9.92. The number of hydrogen-bond donors (Lipinski definition) is 1. The van der Waals surface area contributed by atoms with Crippen molar-refractivity contribution in [1.29, 1.82) is 0 Å². The minimum absolute atomic E-state index is 0.0920. The molecule has 6 heteroatoms. The molecule has 0 bridgehead atoms. The summed E-state index contributed by atoms with van der Waals surface area (Å²) in [6.45, 7) is 0.885. The molecule has 0 saturated heterocycles. The van der Waals surface area contributed by atoms with Crippen LogP contribution in [0.1, 0.15) is 5.01 Å². The van der Waals surface area contributed by atoms with E-state index in [2.05, 4.69) is 10.2 Å². The summed E-state index contributed by atoms with van der Waals surface area (Å²) in [6, 6.07) is 0. The van der Waals surface area contributed by atoms with E-state index in [4.69, 9.17) is 14.6 Å². The van der Waals surface area contributed by atoms with Crippen LogP contribution in [0.3, 0.4) is 0 Å². The highest BCUT2D eigenvalue weighted by atomic mass is 32.1. The largest absolute Gasteiger partial charge is 0.466 e. The number of aliphatic hydroxyl groups excluding tert-OH is 1. The van der Waals surface area contributed by atoms with Gasteiger partial charge >= 0.3 is 0 Å². The maximum atomic E-state index is 8.65. The predicted molar refractivity (Wildman–Crippen MR) is 43.2 cm³/mol. The monoisotopic (exact) mass is 190 g/mol. The average Bonchev–Trinajstić information content (AvgIpc) is 2.53. The molecule has 12 heavy (non-hydrogen) atoms. The average molecular weight is 190 g/mol. The summed E-state index contributed by atoms with van der Waals surface area (Å²) in [6.07, 6.45) is 0. The van der Waals surface area contributed by atoms with Crippen molar-refractivity contribution in [2.75, 3.05) is 20.3 Å². The zero-order chi connectivity index (χ0) is 8.81. The van der Waals surface area contributed by atoms with E-state index in [0.29, 0.717) is 23.4 Å². The van der Waals surface area contributed by atoms with Gasteiger partial charge in [0, 0.05) is 7.11 Å². The molecule has 1 rings (SSSR count). The first-order valence-electron chi connectivity index (χ1n) is 3.41. The van der Waals surface area contributed by atoms with Crippen molar-refractivity contribution in [3.63, 3.8) is 0 Å². The Kier molecular flexibility index (Phi) is 3.92. The molecule has 1 aromatic rings. The fraction of sp³-hybridized carbons (Fsp3) is 0.667. The maximum Gasteiger partial charge on any atom is 0.294 e. The molecule has 0 amide bonds. The minimum Gasteiger partial charge on any atom is -0.466 e. The molecule has 0 atom stereocenters. The Morgan fingerprint density at radius 2 is 2.25 bits per heavy atom. The molecule has 0 aliphatic carbocycles. The van der Waals surface area contributed by atoms with Crippen LogP contribution in [-0.4, -0.2) is 35.6 Å². The lowest BCUT2D eigenvalue weighted by molar-refractivity contribution is 0.145. The van der Waals surface area contributed by atoms with Crippen LogP contribution >= 0.6 is 11.3 Å². The topological polar surface area (TPSA) is 64.5 Å². The van der Waals surface area contributed by atoms with Gasteiger partial charge in [-0.05, 0) is 0 Å². The standard InChI is InChI=1S/C6H10N2O3S/c1-10-2-3-11-6-8-7-5(4-9)12-6/h9H,2-4H2,1H3. The van der Waals surface area contributed by atoms with Crippen LogP contribution in [0.2, 0.25) is 0 Å². The summed E-state index contributed by atoms with van der Waals surface area (Å²) >= 11 is 1.23. The van der Waals surface area contributed by atoms with E-state index in [-0.39, 0.29) is 6.61 Å². The van der Waals surface area contributed by atoms with Gasteiger partial charge in [0.1, 0.15) is 11.6 Å². The Bertz CT molecular complexity index is 228. The van der Waals surface area contributed by atoms with E-state index in [1.54, 1.807) is 7.11 Å². The second-order valence-corrected chi connectivity index (χ2v) is 2.99. The summed E-state index contributed by atoms with van der Waals surface area (Å²) in [5, 5.41) is 17.0. The highest BCUT2D eigenvalue weighted by molar-refractivity contribution is 7.13. The second kappa shape index (κ2) is 5.02. The van der Waals surface area contributed by atoms with Crippen molar-refractivity contribution >= 4 is 11.3 Å². The van der Waals surface area contributed by atoms with Gasteiger partial charge in [-0.2, -0.15) is 0 Å². The number of aromatic nitrogens is 2. The third-order valence-electron chi connectivity index (χ3n) is 1.10. The molecule has 0 aliphatic heterocycles. The van der Waals surface area contributed by atoms with Crippen molar-refractivity contribution in [3.8, 4) is 5.19 Å². The van der Waals surface area contributed by atoms with Crippen LogP contribution < -0.4 is 4.74 Å². The Morgan fingerprint density at radius 1 is 1.42 bits per heavy atom. The van der Waals surface area contributed by atoms with Crippen LogP contribution in [0, 0.1) is 0 Å². The normalized spacial score (nSPS) is 10.2. The van der Waals surface area contributed by atoms with Gasteiger partial charge < -0.3 is 14.6 Å². The van der Waals surface area contributed by atoms with Crippen LogP contribution in [0.15, 0.2) is 0 Å². The molecule has 0 fully saturated rings. The molecule has 1 heterocycles. The fourth-order valence-electron chi connectivity index (χ4n) is 0.573. The Balaban J connectivity index is 2.31. The molecule has 0 spiro atoms. The van der Waals surface area contributed by atoms with Gasteiger partial charge in [0.05, 0.1) is 13.2 Å². The number of ether oxygens (including phenoxy) is 2. The number of aliphatic hydroxyl groups is 1. The van der Waals surface area contributed by atoms with Crippen LogP contribution in [0.25, 0.3) is 0 Å². The Morgan fingerprint density at radius 3 is 2.83 bits per heavy atom. The van der Waals surface area contributed by atoms with Crippen molar-refractivity contribution in [3.05, 3.63) is 5.01 Å². The lowest BCUT2D eigenvalue weighted by Crippen LogP contribution is -2.03. The van der Waals surface area contributed by atoms with Gasteiger partial charge in [0.2, 0.25) is 0 Å². The lowest BCUT2D eigenvalue weighted by atomic mass is 10.8. The van der Waals surface area contributed by atoms with E-state index < -0.39 is 0 Å². The molecule has 0 unspecified atom stereocenters. The molecule has 1 N–H and O–H groups in total. The number of rotatable bonds is 5. The molecule has 0 saturated carbocycles. The SMILES string of the molecule is COCCOc1nnc(CO)s1. The molecular formula is C6H10N2O3S. The molecular weight excluding hydrogens is 180 g/mol. The number of hydrogen-bond acceptors (Lipinski definition) is 6. The van der Waals surface area contributed by atoms with Gasteiger partial charge in [-0.3, -0.25) is 0 Å². The third kappa shape index (κ3) is 2.72. The van der Waals surface area contributed by atoms with Crippen LogP contribution in [-0.2, 0) is 11.3 Å². The van der Waals surface area contributed by atoms with Crippen molar-refractivity contribution in [2.24, 2.45) is 0 Å². The molecule has 5 nitrogen and oxygen atoms in total. The second-order valence-electron chi connectivity index (χ2n) is 1.96. The van der Waals surface area contributed by atoms with Gasteiger partial charge in [-0.15, -0.1) is 5.10 Å². The van der Waals surface area contributed by atoms with E-state index in [0.717, 1.165) is 0 Å². The zero-order valence-corrected chi connectivity index (χ0v) is 7.50. The van der Waals surface area contributed by atoms with Crippen molar-refractivity contribution in [2.45, 2.75) is 6.61 Å². The molecule has 0 radical (unpaired) electrons. The van der Waals surface area contributed by atoms with E-state index in [1.165, 1.54) is 11.3 Å². The molecule has 68 valence electrons. The van der Waals surface area contributed by atoms with Crippen LogP contribution in [0.4, 0.5) is 0 Å². The lowest BCUT2D eigenvalue weighted by Gasteiger charge is -1.98. The van der Waals surface area contributed by atoms with E-state index >= 15 is 0 Å². The first-order valence-corrected chi connectivity index (χ1v) is 4.23. The molecule has 0 aromatic carbocycles. The fourth-order valence-corrected chi connectivity index (χ4v) is 1.14. The predicted octanol–water partition coefficient (Wildman–Crippen LogP) is 0.0556. The van der Waals surface area contributed by atoms with Gasteiger partial charge in [0.25, 0.3) is 5.19 Å². The first-order chi connectivity index (χ1) is 5.86. The smallest absolute Gasteiger partial charge is 0.294 e. The molecule has 1 aromatic heterocycles. The minimum atomic E-state index is -0.0920. The van der Waals surface area contributed by atoms with E-state index in [9.17, 15) is 0 Å². The third-order valence-corrected chi connectivity index (χ3v) is 1.92. The zero-order valence-electron chi connectivity index (χ0n) is 6.69. The maximum absolute atomic E-state index is 8.65.